The fraction of sp³-hybridized carbons (Fsp3) is 0.118. The van der Waals surface area contributed by atoms with Gasteiger partial charge in [-0.25, -0.2) is 0 Å². The number of anilines is 1. The molecule has 8 heteroatoms. The molecule has 2 aromatic carbocycles. The zero-order chi connectivity index (χ0) is 17.8. The van der Waals surface area contributed by atoms with Crippen LogP contribution in [0.4, 0.5) is 5.69 Å². The number of carbonyl (C=O) groups is 1. The summed E-state index contributed by atoms with van der Waals surface area (Å²) in [7, 11) is 0. The molecule has 128 valence electrons. The molecule has 1 aromatic heterocycles. The summed E-state index contributed by atoms with van der Waals surface area (Å²) in [5.41, 5.74) is 1.68. The summed E-state index contributed by atoms with van der Waals surface area (Å²) in [5.74, 6) is -0.101. The lowest BCUT2D eigenvalue weighted by Gasteiger charge is -2.13. The number of halogens is 2. The molecule has 0 radical (unpaired) electrons. The molecule has 1 atom stereocenters. The predicted octanol–water partition coefficient (Wildman–Crippen LogP) is 4.91. The van der Waals surface area contributed by atoms with Crippen LogP contribution in [0.2, 0.25) is 0 Å². The number of hydrogen-bond donors (Lipinski definition) is 1. The van der Waals surface area contributed by atoms with Crippen molar-refractivity contribution in [1.29, 1.82) is 0 Å². The van der Waals surface area contributed by atoms with Crippen molar-refractivity contribution < 1.29 is 4.79 Å². The first kappa shape index (κ1) is 18.2. The van der Waals surface area contributed by atoms with Crippen molar-refractivity contribution in [2.75, 3.05) is 5.32 Å². The Labute approximate surface area is 166 Å². The highest BCUT2D eigenvalue weighted by Gasteiger charge is 2.19. The first-order valence-electron chi connectivity index (χ1n) is 7.42. The topological polar surface area (TPSA) is 59.8 Å². The Bertz CT molecular complexity index is 885. The van der Waals surface area contributed by atoms with E-state index in [1.165, 1.54) is 11.8 Å². The van der Waals surface area contributed by atoms with Crippen molar-refractivity contribution in [1.82, 2.24) is 14.8 Å². The zero-order valence-corrected chi connectivity index (χ0v) is 17.2. The molecule has 0 spiro atoms. The van der Waals surface area contributed by atoms with Gasteiger partial charge in [-0.15, -0.1) is 10.2 Å². The molecule has 5 nitrogen and oxygen atoms in total. The second kappa shape index (κ2) is 8.16. The fourth-order valence-electron chi connectivity index (χ4n) is 2.11. The summed E-state index contributed by atoms with van der Waals surface area (Å²) in [6, 6.07) is 15.4. The number of aromatic nitrogens is 3. The van der Waals surface area contributed by atoms with Gasteiger partial charge < -0.3 is 5.32 Å². The molecule has 0 saturated heterocycles. The minimum absolute atomic E-state index is 0.101. The molecule has 3 rings (SSSR count). The Morgan fingerprint density at radius 2 is 1.96 bits per heavy atom. The van der Waals surface area contributed by atoms with E-state index in [2.05, 4.69) is 47.4 Å². The molecule has 0 fully saturated rings. The van der Waals surface area contributed by atoms with E-state index >= 15 is 0 Å². The van der Waals surface area contributed by atoms with Crippen molar-refractivity contribution in [2.24, 2.45) is 0 Å². The molecule has 0 aliphatic rings. The maximum absolute atomic E-state index is 12.5. The number of thioether (sulfide) groups is 1. The lowest BCUT2D eigenvalue weighted by Crippen LogP contribution is -2.23. The summed E-state index contributed by atoms with van der Waals surface area (Å²) < 4.78 is 3.62. The van der Waals surface area contributed by atoms with Gasteiger partial charge >= 0.3 is 0 Å². The smallest absolute Gasteiger partial charge is 0.237 e. The van der Waals surface area contributed by atoms with Crippen LogP contribution in [0.15, 0.2) is 69.0 Å². The van der Waals surface area contributed by atoms with E-state index in [0.717, 1.165) is 20.3 Å². The van der Waals surface area contributed by atoms with Crippen LogP contribution in [0, 0.1) is 0 Å². The van der Waals surface area contributed by atoms with E-state index in [1.54, 1.807) is 6.33 Å². The van der Waals surface area contributed by atoms with E-state index < -0.39 is 0 Å². The van der Waals surface area contributed by atoms with Crippen LogP contribution in [0.1, 0.15) is 6.92 Å². The molecule has 25 heavy (non-hydrogen) atoms. The number of nitrogens with zero attached hydrogens (tertiary/aromatic N) is 3. The van der Waals surface area contributed by atoms with Crippen LogP contribution in [0.25, 0.3) is 5.69 Å². The third kappa shape index (κ3) is 4.50. The SMILES string of the molecule is CC(Sc1nncn1-c1ccccc1)C(=O)Nc1ccc(Br)cc1Br. The summed E-state index contributed by atoms with van der Waals surface area (Å²) in [5, 5.41) is 11.4. The first-order valence-corrected chi connectivity index (χ1v) is 9.89. The highest BCUT2D eigenvalue weighted by Crippen LogP contribution is 2.28. The molecule has 1 heterocycles. The third-order valence-electron chi connectivity index (χ3n) is 3.39. The molecule has 0 aliphatic carbocycles. The van der Waals surface area contributed by atoms with Crippen molar-refractivity contribution in [3.63, 3.8) is 0 Å². The highest BCUT2D eigenvalue weighted by atomic mass is 79.9. The first-order chi connectivity index (χ1) is 12.0. The molecule has 1 N–H and O–H groups in total. The van der Waals surface area contributed by atoms with Crippen LogP contribution >= 0.6 is 43.6 Å². The number of para-hydroxylation sites is 1. The van der Waals surface area contributed by atoms with Crippen molar-refractivity contribution in [3.8, 4) is 5.69 Å². The third-order valence-corrected chi connectivity index (χ3v) is 5.60. The quantitative estimate of drug-likeness (QED) is 0.526. The van der Waals surface area contributed by atoms with Gasteiger partial charge in [-0.05, 0) is 53.2 Å². The number of hydrogen-bond acceptors (Lipinski definition) is 4. The number of carbonyl (C=O) groups excluding carboxylic acids is 1. The maximum Gasteiger partial charge on any atom is 0.237 e. The molecule has 1 unspecified atom stereocenters. The van der Waals surface area contributed by atoms with E-state index in [1.807, 2.05) is 60.0 Å². The van der Waals surface area contributed by atoms with Gasteiger partial charge in [0.15, 0.2) is 5.16 Å². The van der Waals surface area contributed by atoms with Crippen LogP contribution in [0.3, 0.4) is 0 Å². The fourth-order valence-corrected chi connectivity index (χ4v) is 4.10. The van der Waals surface area contributed by atoms with Crippen molar-refractivity contribution >= 4 is 55.2 Å². The van der Waals surface area contributed by atoms with Gasteiger partial charge in [0.1, 0.15) is 6.33 Å². The lowest BCUT2D eigenvalue weighted by molar-refractivity contribution is -0.115. The minimum atomic E-state index is -0.331. The summed E-state index contributed by atoms with van der Waals surface area (Å²) in [6.45, 7) is 1.84. The van der Waals surface area contributed by atoms with Crippen LogP contribution < -0.4 is 5.32 Å². The summed E-state index contributed by atoms with van der Waals surface area (Å²) in [4.78, 5) is 12.5. The largest absolute Gasteiger partial charge is 0.324 e. The Balaban J connectivity index is 1.71. The maximum atomic E-state index is 12.5. The van der Waals surface area contributed by atoms with Gasteiger partial charge in [-0.2, -0.15) is 0 Å². The van der Waals surface area contributed by atoms with Gasteiger partial charge in [-0.3, -0.25) is 9.36 Å². The molecule has 0 bridgehead atoms. The van der Waals surface area contributed by atoms with Gasteiger partial charge in [0.25, 0.3) is 0 Å². The van der Waals surface area contributed by atoms with E-state index in [0.29, 0.717) is 5.16 Å². The molecule has 0 aliphatic heterocycles. The Morgan fingerprint density at radius 3 is 2.68 bits per heavy atom. The van der Waals surface area contributed by atoms with E-state index in [9.17, 15) is 4.79 Å². The molecule has 3 aromatic rings. The second-order valence-electron chi connectivity index (χ2n) is 5.19. The van der Waals surface area contributed by atoms with Gasteiger partial charge in [0, 0.05) is 14.6 Å². The Morgan fingerprint density at radius 1 is 1.20 bits per heavy atom. The predicted molar refractivity (Wildman–Crippen MR) is 107 cm³/mol. The normalized spacial score (nSPS) is 12.0. The van der Waals surface area contributed by atoms with Crippen molar-refractivity contribution in [2.45, 2.75) is 17.3 Å². The molecular formula is C17H14Br2N4OS. The van der Waals surface area contributed by atoms with Crippen molar-refractivity contribution in [3.05, 3.63) is 63.8 Å². The minimum Gasteiger partial charge on any atom is -0.324 e. The monoisotopic (exact) mass is 480 g/mol. The van der Waals surface area contributed by atoms with E-state index in [4.69, 9.17) is 0 Å². The van der Waals surface area contributed by atoms with Crippen LogP contribution in [-0.4, -0.2) is 25.9 Å². The number of amides is 1. The average Bonchev–Trinajstić information content (AvgIpc) is 3.06. The van der Waals surface area contributed by atoms with Crippen LogP contribution in [0.5, 0.6) is 0 Å². The van der Waals surface area contributed by atoms with Gasteiger partial charge in [0.2, 0.25) is 5.91 Å². The summed E-state index contributed by atoms with van der Waals surface area (Å²) in [6.07, 6.45) is 1.65. The lowest BCUT2D eigenvalue weighted by atomic mass is 10.3. The Kier molecular flexibility index (Phi) is 5.93. The average molecular weight is 482 g/mol. The zero-order valence-electron chi connectivity index (χ0n) is 13.2. The molecule has 0 saturated carbocycles. The standard InChI is InChI=1S/C17H14Br2N4OS/c1-11(16(24)21-15-8-7-12(18)9-14(15)19)25-17-22-20-10-23(17)13-5-3-2-4-6-13/h2-11H,1H3,(H,21,24). The van der Waals surface area contributed by atoms with Gasteiger partial charge in [-0.1, -0.05) is 45.9 Å². The Hall–Kier alpha value is -1.64. The number of rotatable bonds is 5. The molecule has 1 amide bonds. The van der Waals surface area contributed by atoms with Gasteiger partial charge in [0.05, 0.1) is 10.9 Å². The molecular weight excluding hydrogens is 468 g/mol. The highest BCUT2D eigenvalue weighted by molar-refractivity contribution is 9.11. The summed E-state index contributed by atoms with van der Waals surface area (Å²) >= 11 is 8.21. The van der Waals surface area contributed by atoms with E-state index in [-0.39, 0.29) is 11.2 Å². The van der Waals surface area contributed by atoms with Crippen LogP contribution in [-0.2, 0) is 4.79 Å². The number of benzene rings is 2. The second-order valence-corrected chi connectivity index (χ2v) is 8.27. The number of nitrogens with one attached hydrogen (secondary N) is 1.